The van der Waals surface area contributed by atoms with Gasteiger partial charge in [0.15, 0.2) is 0 Å². The van der Waals surface area contributed by atoms with Gasteiger partial charge >= 0.3 is 11.8 Å². The van der Waals surface area contributed by atoms with Crippen molar-refractivity contribution in [2.75, 3.05) is 6.61 Å². The number of halogens is 1. The Labute approximate surface area is 126 Å². The fourth-order valence-corrected chi connectivity index (χ4v) is 2.31. The lowest BCUT2D eigenvalue weighted by Gasteiger charge is -2.40. The highest BCUT2D eigenvalue weighted by atomic mass is 35.5. The van der Waals surface area contributed by atoms with Gasteiger partial charge in [0.2, 0.25) is 5.91 Å². The second-order valence-electron chi connectivity index (χ2n) is 4.96. The highest BCUT2D eigenvalue weighted by molar-refractivity contribution is 5.91. The first-order valence-corrected chi connectivity index (χ1v) is 6.14. The van der Waals surface area contributed by atoms with Crippen molar-refractivity contribution in [3.63, 3.8) is 0 Å². The summed E-state index contributed by atoms with van der Waals surface area (Å²) in [4.78, 5) is 22.3. The molecule has 1 spiro atoms. The van der Waals surface area contributed by atoms with E-state index < -0.39 is 54.7 Å². The Balaban J connectivity index is 0.00000220. The average Bonchev–Trinajstić information content (AvgIpc) is 2.99. The third-order valence-electron chi connectivity index (χ3n) is 3.39. The monoisotopic (exact) mass is 327 g/mol. The largest absolute Gasteiger partial charge is 0.416 e. The summed E-state index contributed by atoms with van der Waals surface area (Å²) >= 11 is 0. The van der Waals surface area contributed by atoms with Crippen LogP contribution in [-0.4, -0.2) is 75.2 Å². The van der Waals surface area contributed by atoms with Gasteiger partial charge < -0.3 is 35.2 Å². The van der Waals surface area contributed by atoms with Gasteiger partial charge in [-0.25, -0.2) is 4.79 Å². The van der Waals surface area contributed by atoms with E-state index in [0.717, 1.165) is 0 Å². The topological polar surface area (TPSA) is 149 Å². The minimum absolute atomic E-state index is 0. The van der Waals surface area contributed by atoms with Crippen molar-refractivity contribution in [1.82, 2.24) is 5.32 Å². The summed E-state index contributed by atoms with van der Waals surface area (Å²) in [6.07, 6.45) is -5.84. The molecule has 0 aromatic heterocycles. The number of epoxide rings is 1. The van der Waals surface area contributed by atoms with E-state index in [2.05, 4.69) is 10.1 Å². The molecule has 2 heterocycles. The van der Waals surface area contributed by atoms with Gasteiger partial charge in [-0.05, 0) is 0 Å². The molecule has 2 aliphatic rings. The summed E-state index contributed by atoms with van der Waals surface area (Å²) in [6, 6.07) is -1.04. The van der Waals surface area contributed by atoms with Crippen molar-refractivity contribution < 1.29 is 39.5 Å². The quantitative estimate of drug-likeness (QED) is 0.344. The van der Waals surface area contributed by atoms with Crippen molar-refractivity contribution in [3.05, 3.63) is 0 Å². The first-order valence-electron chi connectivity index (χ1n) is 6.14. The normalized spacial score (nSPS) is 37.2. The number of carbonyl (C=O) groups excluding carboxylic acids is 2. The average molecular weight is 328 g/mol. The van der Waals surface area contributed by atoms with Crippen LogP contribution in [-0.2, 0) is 19.1 Å². The smallest absolute Gasteiger partial charge is 0.382 e. The zero-order chi connectivity index (χ0) is 15.1. The molecule has 2 fully saturated rings. The second-order valence-corrected chi connectivity index (χ2v) is 4.96. The molecule has 0 aliphatic carbocycles. The summed E-state index contributed by atoms with van der Waals surface area (Å²) in [5.41, 5.74) is 0. The van der Waals surface area contributed by atoms with E-state index in [1.165, 1.54) is 6.92 Å². The van der Waals surface area contributed by atoms with Crippen LogP contribution in [0.3, 0.4) is 0 Å². The van der Waals surface area contributed by atoms with E-state index in [-0.39, 0.29) is 18.8 Å². The van der Waals surface area contributed by atoms with Gasteiger partial charge in [-0.1, -0.05) is 0 Å². The van der Waals surface area contributed by atoms with E-state index in [0.29, 0.717) is 0 Å². The van der Waals surface area contributed by atoms with Crippen LogP contribution < -0.4 is 5.32 Å². The summed E-state index contributed by atoms with van der Waals surface area (Å²) in [6.45, 7) is 0.466. The molecule has 1 amide bonds. The Hall–Kier alpha value is -0.970. The van der Waals surface area contributed by atoms with Crippen molar-refractivity contribution >= 4 is 24.3 Å². The van der Waals surface area contributed by atoms with Crippen molar-refractivity contribution in [3.8, 4) is 0 Å². The molecule has 21 heavy (non-hydrogen) atoms. The predicted octanol–water partition coefficient (Wildman–Crippen LogP) is -2.97. The Kier molecular flexibility index (Phi) is 5.53. The molecule has 0 aromatic carbocycles. The molecule has 2 saturated heterocycles. The van der Waals surface area contributed by atoms with Crippen LogP contribution in [0, 0.1) is 0 Å². The molecule has 5 N–H and O–H groups in total. The standard InChI is InChI=1S/C11H17NO8.ClH/c1-4(14)12-7-5(15)2-11(10(18)20-11)19-9(7)8(17)6(16)3-13;/h5-9,13,15-17H,2-3H2,1H3,(H,12,14);1H/t5-,6+,7+,8?,9+,11?;/m0./s1. The number of amides is 1. The predicted molar refractivity (Wildman–Crippen MR) is 68.3 cm³/mol. The van der Waals surface area contributed by atoms with Gasteiger partial charge in [0.25, 0.3) is 0 Å². The molecule has 6 atom stereocenters. The molecule has 122 valence electrons. The molecule has 0 bridgehead atoms. The Morgan fingerprint density at radius 1 is 1.52 bits per heavy atom. The zero-order valence-corrected chi connectivity index (χ0v) is 11.9. The van der Waals surface area contributed by atoms with Crippen LogP contribution in [0.4, 0.5) is 0 Å². The van der Waals surface area contributed by atoms with Crippen molar-refractivity contribution in [1.29, 1.82) is 0 Å². The van der Waals surface area contributed by atoms with E-state index >= 15 is 0 Å². The van der Waals surface area contributed by atoms with Gasteiger partial charge in [0, 0.05) is 6.92 Å². The maximum absolute atomic E-state index is 11.2. The number of carbonyl (C=O) groups is 2. The number of ether oxygens (including phenoxy) is 2. The van der Waals surface area contributed by atoms with Gasteiger partial charge in [-0.15, -0.1) is 12.4 Å². The third kappa shape index (κ3) is 3.44. The first kappa shape index (κ1) is 18.1. The van der Waals surface area contributed by atoms with E-state index in [4.69, 9.17) is 9.84 Å². The Morgan fingerprint density at radius 2 is 2.10 bits per heavy atom. The fourth-order valence-electron chi connectivity index (χ4n) is 2.31. The second kappa shape index (κ2) is 6.42. The minimum Gasteiger partial charge on any atom is -0.416 e. The van der Waals surface area contributed by atoms with Gasteiger partial charge in [-0.3, -0.25) is 4.79 Å². The third-order valence-corrected chi connectivity index (χ3v) is 3.39. The van der Waals surface area contributed by atoms with Crippen molar-refractivity contribution in [2.24, 2.45) is 0 Å². The van der Waals surface area contributed by atoms with Gasteiger partial charge in [-0.2, -0.15) is 0 Å². The first-order chi connectivity index (χ1) is 9.30. The number of rotatable bonds is 4. The fraction of sp³-hybridized carbons (Fsp3) is 0.818. The Morgan fingerprint density at radius 3 is 2.52 bits per heavy atom. The van der Waals surface area contributed by atoms with Crippen LogP contribution in [0.25, 0.3) is 0 Å². The molecule has 0 saturated carbocycles. The van der Waals surface area contributed by atoms with Crippen LogP contribution >= 0.6 is 12.4 Å². The lowest BCUT2D eigenvalue weighted by Crippen LogP contribution is -2.63. The van der Waals surface area contributed by atoms with Crippen LogP contribution in [0.5, 0.6) is 0 Å². The van der Waals surface area contributed by atoms with Crippen molar-refractivity contribution in [2.45, 2.75) is 49.6 Å². The molecular weight excluding hydrogens is 310 g/mol. The summed E-state index contributed by atoms with van der Waals surface area (Å²) < 4.78 is 9.97. The number of nitrogens with one attached hydrogen (secondary N) is 1. The van der Waals surface area contributed by atoms with E-state index in [9.17, 15) is 24.9 Å². The lowest BCUT2D eigenvalue weighted by molar-refractivity contribution is -0.216. The lowest BCUT2D eigenvalue weighted by atomic mass is 9.90. The minimum atomic E-state index is -1.63. The SMILES string of the molecule is CC(=O)N[C@@H]1[C@@H](O)CC2(OC2=O)O[C@H]1C(O)[C@H](O)CO.Cl. The number of hydrogen-bond donors (Lipinski definition) is 5. The summed E-state index contributed by atoms with van der Waals surface area (Å²) in [5, 5.41) is 40.6. The number of aliphatic hydroxyl groups excluding tert-OH is 4. The highest BCUT2D eigenvalue weighted by Crippen LogP contribution is 2.42. The molecule has 2 aliphatic heterocycles. The Bertz CT molecular complexity index is 421. The van der Waals surface area contributed by atoms with Crippen LogP contribution in [0.2, 0.25) is 0 Å². The maximum atomic E-state index is 11.2. The number of hydrogen-bond acceptors (Lipinski definition) is 8. The highest BCUT2D eigenvalue weighted by Gasteiger charge is 2.67. The molecule has 10 heteroatoms. The van der Waals surface area contributed by atoms with Crippen LogP contribution in [0.1, 0.15) is 13.3 Å². The molecular formula is C11H18ClNO8. The summed E-state index contributed by atoms with van der Waals surface area (Å²) in [5.74, 6) is -2.80. The number of aliphatic hydroxyl groups is 4. The molecule has 2 unspecified atom stereocenters. The van der Waals surface area contributed by atoms with E-state index in [1.54, 1.807) is 0 Å². The van der Waals surface area contributed by atoms with Gasteiger partial charge in [0.1, 0.15) is 18.3 Å². The maximum Gasteiger partial charge on any atom is 0.382 e. The van der Waals surface area contributed by atoms with Gasteiger partial charge in [0.05, 0.1) is 25.2 Å². The van der Waals surface area contributed by atoms with E-state index in [1.807, 2.05) is 0 Å². The zero-order valence-electron chi connectivity index (χ0n) is 11.1. The molecule has 9 nitrogen and oxygen atoms in total. The van der Waals surface area contributed by atoms with Crippen LogP contribution in [0.15, 0.2) is 0 Å². The molecule has 0 aromatic rings. The molecule has 0 radical (unpaired) electrons. The summed E-state index contributed by atoms with van der Waals surface area (Å²) in [7, 11) is 0. The molecule has 2 rings (SSSR count).